The molecule has 3 amide bonds. The van der Waals surface area contributed by atoms with Crippen molar-refractivity contribution in [3.05, 3.63) is 71.4 Å². The van der Waals surface area contributed by atoms with Gasteiger partial charge in [-0.3, -0.25) is 29.2 Å². The van der Waals surface area contributed by atoms with Crippen LogP contribution < -0.4 is 15.6 Å². The van der Waals surface area contributed by atoms with Crippen molar-refractivity contribution in [3.63, 3.8) is 0 Å². The van der Waals surface area contributed by atoms with E-state index in [0.717, 1.165) is 34.8 Å². The van der Waals surface area contributed by atoms with Gasteiger partial charge in [-0.2, -0.15) is 17.6 Å². The average molecular weight is 1050 g/mol. The molecule has 75 heavy (non-hydrogen) atoms. The molecule has 0 aliphatic carbocycles. The van der Waals surface area contributed by atoms with Crippen molar-refractivity contribution in [1.82, 2.24) is 45.1 Å². The van der Waals surface area contributed by atoms with Gasteiger partial charge in [0.25, 0.3) is 5.91 Å². The second-order valence-corrected chi connectivity index (χ2v) is 21.4. The number of nitroso groups, excluding NO2 is 1. The molecule has 1 aromatic carbocycles. The Balaban J connectivity index is 1.22. The number of piperazine rings is 1. The molecule has 8 rings (SSSR count). The van der Waals surface area contributed by atoms with Crippen LogP contribution in [0.15, 0.2) is 53.7 Å². The zero-order chi connectivity index (χ0) is 54.3. The molecule has 3 saturated heterocycles. The van der Waals surface area contributed by atoms with E-state index in [1.165, 1.54) is 29.9 Å². The summed E-state index contributed by atoms with van der Waals surface area (Å²) in [7, 11) is 4.81. The first kappa shape index (κ1) is 54.8. The van der Waals surface area contributed by atoms with Crippen molar-refractivity contribution >= 4 is 40.3 Å². The zero-order valence-corrected chi connectivity index (χ0v) is 43.8. The van der Waals surface area contributed by atoms with Crippen LogP contribution in [-0.2, 0) is 48.0 Å². The van der Waals surface area contributed by atoms with Crippen LogP contribution in [-0.4, -0.2) is 167 Å². The highest BCUT2D eigenvalue weighted by atomic mass is 19.4. The Kier molecular flexibility index (Phi) is 15.8. The van der Waals surface area contributed by atoms with Gasteiger partial charge >= 0.3 is 17.9 Å². The second-order valence-electron chi connectivity index (χ2n) is 21.4. The molecule has 4 aliphatic heterocycles. The number of hydrogen-bond donors (Lipinski definition) is 2. The van der Waals surface area contributed by atoms with Gasteiger partial charge in [-0.15, -0.1) is 5.01 Å². The molecular formula is C52H68F4N11O8+. The molecule has 0 spiro atoms. The molecule has 19 nitrogen and oxygen atoms in total. The molecular weight excluding hydrogens is 983 g/mol. The van der Waals surface area contributed by atoms with Crippen LogP contribution in [0.1, 0.15) is 77.1 Å². The summed E-state index contributed by atoms with van der Waals surface area (Å²) in [5, 5.41) is 5.39. The monoisotopic (exact) mass is 1050 g/mol. The lowest BCUT2D eigenvalue weighted by Crippen LogP contribution is -2.63. The van der Waals surface area contributed by atoms with E-state index in [9.17, 15) is 24.1 Å². The molecule has 3 aromatic heterocycles. The highest BCUT2D eigenvalue weighted by Crippen LogP contribution is 2.44. The number of amides is 3. The van der Waals surface area contributed by atoms with Crippen molar-refractivity contribution in [2.24, 2.45) is 11.3 Å². The number of benzene rings is 1. The number of halogens is 4. The first-order valence-corrected chi connectivity index (χ1v) is 25.4. The molecule has 406 valence electrons. The fraction of sp³-hybridized carbons (Fsp3) is 0.577. The Morgan fingerprint density at radius 3 is 2.49 bits per heavy atom. The van der Waals surface area contributed by atoms with Crippen LogP contribution >= 0.6 is 0 Å². The molecule has 2 N–H and O–H groups in total. The number of carbonyl (C=O) groups is 4. The van der Waals surface area contributed by atoms with Crippen LogP contribution in [0.5, 0.6) is 0 Å². The van der Waals surface area contributed by atoms with Gasteiger partial charge in [-0.05, 0) is 75.1 Å². The summed E-state index contributed by atoms with van der Waals surface area (Å²) in [4.78, 5) is 84.2. The number of nitrogens with one attached hydrogen (secondary N) is 2. The quantitative estimate of drug-likeness (QED) is 0.0435. The maximum absolute atomic E-state index is 16.3. The SMILES string of the molecule is C=CC(=O)N1CC[C@](F)([N+](=O)N(C)[C@H](C(=O)N[C@H]2Cc3ncc(o3)-c3ccc4c(c3)c(c(-c3cc(N5CCN(C)CC5)cnc3[C@H](C)OC)n4CC(F)(F)F)CC(C)(C)COC(=O)[C@@H]3CCCN(N3)C2=O)C(C)C)C1. The standard InChI is InChI=1S/C52H67F4N11O8/c1-10-43(68)64-17-15-51(53,28-64)67(72)62(8)45(31(2)3)47(69)59-39-24-42-57-27-41(75-42)33-13-14-40-35(22-33)37(25-50(5,6)30-74-49(71)38-12-11-16-66(60-38)48(39)70)46(65(40)29-52(54,55)56)36-23-34(26-58-44(36)32(4)73-9)63-20-18-61(7)19-21-63/h10,13-14,22-23,26-27,31-32,38-39,45,60H,1,11-12,15-21,24-25,28-30H2,2-9H3/p+1/t32-,38-,39-,45-,51-/m0/s1. The smallest absolute Gasteiger partial charge is 0.406 e. The predicted molar refractivity (Wildman–Crippen MR) is 269 cm³/mol. The van der Waals surface area contributed by atoms with Gasteiger partial charge in [0, 0.05) is 73.8 Å². The molecule has 4 aromatic rings. The highest BCUT2D eigenvalue weighted by molar-refractivity contribution is 5.95. The molecule has 5 atom stereocenters. The number of pyridine rings is 1. The number of esters is 1. The molecule has 0 unspecified atom stereocenters. The number of hydrazine groups is 2. The Bertz CT molecular complexity index is 2830. The number of fused-ring (bicyclic) bond motifs is 6. The van der Waals surface area contributed by atoms with Crippen LogP contribution in [0.25, 0.3) is 33.5 Å². The molecule has 7 heterocycles. The van der Waals surface area contributed by atoms with Gasteiger partial charge in [-0.1, -0.05) is 34.3 Å². The fourth-order valence-corrected chi connectivity index (χ4v) is 10.6. The number of cyclic esters (lactones) is 1. The first-order chi connectivity index (χ1) is 35.4. The molecule has 6 bridgehead atoms. The van der Waals surface area contributed by atoms with E-state index in [0.29, 0.717) is 53.7 Å². The summed E-state index contributed by atoms with van der Waals surface area (Å²) in [6.45, 7) is 13.3. The summed E-state index contributed by atoms with van der Waals surface area (Å²) in [6, 6.07) is 3.12. The largest absolute Gasteiger partial charge is 0.464 e. The second kappa shape index (κ2) is 21.6. The number of anilines is 1. The van der Waals surface area contributed by atoms with E-state index in [2.05, 4.69) is 32.1 Å². The lowest BCUT2D eigenvalue weighted by molar-refractivity contribution is -0.784. The number of methoxy groups -OCH3 is 1. The topological polar surface area (TPSA) is 191 Å². The summed E-state index contributed by atoms with van der Waals surface area (Å²) in [5.41, 5.74) is 5.31. The molecule has 0 saturated carbocycles. The highest BCUT2D eigenvalue weighted by Gasteiger charge is 2.57. The number of likely N-dealkylation sites (tertiary alicyclic amines) is 1. The third-order valence-electron chi connectivity index (χ3n) is 14.7. The van der Waals surface area contributed by atoms with Gasteiger partial charge in [0.1, 0.15) is 25.2 Å². The van der Waals surface area contributed by atoms with Gasteiger partial charge in [0.2, 0.25) is 11.8 Å². The van der Waals surface area contributed by atoms with Gasteiger partial charge in [0.05, 0.1) is 67.0 Å². The minimum Gasteiger partial charge on any atom is -0.464 e. The van der Waals surface area contributed by atoms with E-state index < -0.39 is 84.3 Å². The molecule has 23 heteroatoms. The van der Waals surface area contributed by atoms with Crippen LogP contribution in [0.3, 0.4) is 0 Å². The van der Waals surface area contributed by atoms with Gasteiger partial charge in [0.15, 0.2) is 22.6 Å². The van der Waals surface area contributed by atoms with Crippen LogP contribution in [0, 0.1) is 16.2 Å². The average Bonchev–Trinajstić information content (AvgIpc) is 4.10. The Hall–Kier alpha value is -6.46. The summed E-state index contributed by atoms with van der Waals surface area (Å²) in [6.07, 6.45) is -0.946. The summed E-state index contributed by atoms with van der Waals surface area (Å²) in [5.74, 6) is -5.64. The minimum absolute atomic E-state index is 0.0000533. The third kappa shape index (κ3) is 11.7. The van der Waals surface area contributed by atoms with Crippen LogP contribution in [0.4, 0.5) is 23.2 Å². The molecule has 0 radical (unpaired) electrons. The van der Waals surface area contributed by atoms with Gasteiger partial charge < -0.3 is 38.5 Å². The van der Waals surface area contributed by atoms with E-state index in [-0.39, 0.29) is 66.7 Å². The lowest BCUT2D eigenvalue weighted by atomic mass is 9.84. The number of oxazole rings is 1. The Labute approximate surface area is 433 Å². The third-order valence-corrected chi connectivity index (χ3v) is 14.7. The zero-order valence-electron chi connectivity index (χ0n) is 43.8. The number of hydrogen-bond acceptors (Lipinski definition) is 13. The number of likely N-dealkylation sites (N-methyl/N-ethyl adjacent to an activating group) is 2. The number of aromatic nitrogens is 3. The van der Waals surface area contributed by atoms with E-state index >= 15 is 17.6 Å². The van der Waals surface area contributed by atoms with Crippen molar-refractivity contribution < 1.29 is 55.5 Å². The summed E-state index contributed by atoms with van der Waals surface area (Å²) < 4.78 is 80.8. The first-order valence-electron chi connectivity index (χ1n) is 25.4. The molecule has 4 aliphatic rings. The van der Waals surface area contributed by atoms with E-state index in [1.807, 2.05) is 27.0 Å². The lowest BCUT2D eigenvalue weighted by Gasteiger charge is -2.36. The fourth-order valence-electron chi connectivity index (χ4n) is 10.6. The van der Waals surface area contributed by atoms with Gasteiger partial charge in [-0.25, -0.2) is 10.4 Å². The maximum atomic E-state index is 16.3. The van der Waals surface area contributed by atoms with Crippen molar-refractivity contribution in [2.45, 2.75) is 109 Å². The van der Waals surface area contributed by atoms with E-state index in [1.54, 1.807) is 45.2 Å². The number of rotatable bonds is 12. The summed E-state index contributed by atoms with van der Waals surface area (Å²) >= 11 is 0. The van der Waals surface area contributed by atoms with E-state index in [4.69, 9.17) is 18.9 Å². The number of alkyl halides is 4. The Morgan fingerprint density at radius 1 is 1.08 bits per heavy atom. The van der Waals surface area contributed by atoms with Crippen molar-refractivity contribution in [2.75, 3.05) is 78.5 Å². The maximum Gasteiger partial charge on any atom is 0.406 e. The number of carbonyl (C=O) groups excluding carboxylic acids is 4. The Morgan fingerprint density at radius 2 is 1.81 bits per heavy atom. The predicted octanol–water partition coefficient (Wildman–Crippen LogP) is 5.76. The van der Waals surface area contributed by atoms with Crippen LogP contribution in [0.2, 0.25) is 0 Å². The number of nitrogens with zero attached hydrogens (tertiary/aromatic N) is 9. The molecule has 3 fully saturated rings. The number of ether oxygens (including phenoxy) is 2. The minimum atomic E-state index is -4.66. The van der Waals surface area contributed by atoms with Crippen molar-refractivity contribution in [3.8, 4) is 22.6 Å². The van der Waals surface area contributed by atoms with Crippen molar-refractivity contribution in [1.29, 1.82) is 0 Å². The normalized spacial score (nSPS) is 22.7.